The zero-order valence-corrected chi connectivity index (χ0v) is 18.6. The number of aliphatic hydroxyl groups is 2. The molecule has 0 heterocycles. The Hall–Kier alpha value is -0.450. The van der Waals surface area contributed by atoms with E-state index in [0.717, 1.165) is 17.1 Å². The van der Waals surface area contributed by atoms with Crippen molar-refractivity contribution in [1.29, 1.82) is 0 Å². The van der Waals surface area contributed by atoms with E-state index in [1.165, 1.54) is 0 Å². The lowest BCUT2D eigenvalue weighted by atomic mass is 10.1. The Morgan fingerprint density at radius 2 is 1.42 bits per heavy atom. The van der Waals surface area contributed by atoms with Crippen molar-refractivity contribution in [3.8, 4) is 0 Å². The van der Waals surface area contributed by atoms with Crippen molar-refractivity contribution in [2.45, 2.75) is 12.5 Å². The Morgan fingerprint density at radius 3 is 1.79 bits per heavy atom. The topological polar surface area (TPSA) is 130 Å². The predicted molar refractivity (Wildman–Crippen MR) is 116 cm³/mol. The number of amides is 2. The molecular formula is C14H14I3N3O4. The monoisotopic (exact) mass is 669 g/mol. The number of rotatable bonds is 6. The first-order valence-electron chi connectivity index (χ1n) is 6.29. The number of benzene rings is 1. The summed E-state index contributed by atoms with van der Waals surface area (Å²) in [5.74, 6) is -1.48. The molecule has 2 amide bonds. The highest BCUT2D eigenvalue weighted by Gasteiger charge is 2.32. The van der Waals surface area contributed by atoms with Crippen LogP contribution < -0.4 is 11.5 Å². The smallest absolute Gasteiger partial charge is 0.260 e. The summed E-state index contributed by atoms with van der Waals surface area (Å²) in [6, 6.07) is 0. The van der Waals surface area contributed by atoms with Gasteiger partial charge in [0.1, 0.15) is 0 Å². The number of hydrogen-bond acceptors (Lipinski definition) is 5. The molecule has 0 aromatic heterocycles. The lowest BCUT2D eigenvalue weighted by Crippen LogP contribution is -2.46. The van der Waals surface area contributed by atoms with Crippen molar-refractivity contribution >= 4 is 85.3 Å². The van der Waals surface area contributed by atoms with Crippen LogP contribution in [0, 0.1) is 10.7 Å². The number of hydrogen-bond donors (Lipinski definition) is 4. The molecule has 1 rings (SSSR count). The van der Waals surface area contributed by atoms with Crippen LogP contribution >= 0.6 is 67.8 Å². The molecular weight excluding hydrogens is 655 g/mol. The Balaban J connectivity index is 3.71. The summed E-state index contributed by atoms with van der Waals surface area (Å²) in [5, 5.41) is 20.0. The number of aliphatic hydroxyl groups excluding tert-OH is 2. The molecule has 0 bridgehead atoms. The van der Waals surface area contributed by atoms with E-state index in [2.05, 4.69) is 13.2 Å². The molecule has 0 saturated heterocycles. The van der Waals surface area contributed by atoms with E-state index in [1.54, 1.807) is 0 Å². The summed E-state index contributed by atoms with van der Waals surface area (Å²) in [5.41, 5.74) is 11.8. The zero-order chi connectivity index (χ0) is 18.8. The molecule has 130 valence electrons. The van der Waals surface area contributed by atoms with Gasteiger partial charge in [0.05, 0.1) is 24.0 Å². The predicted octanol–water partition coefficient (Wildman–Crippen LogP) is 1.63. The van der Waals surface area contributed by atoms with Crippen molar-refractivity contribution in [2.24, 2.45) is 5.73 Å². The van der Waals surface area contributed by atoms with Gasteiger partial charge in [0.2, 0.25) is 0 Å². The minimum Gasteiger partial charge on any atom is -0.397 e. The highest BCUT2D eigenvalue weighted by atomic mass is 127. The van der Waals surface area contributed by atoms with Gasteiger partial charge < -0.3 is 21.7 Å². The number of carbonyl (C=O) groups is 2. The fourth-order valence-electron chi connectivity index (χ4n) is 1.84. The van der Waals surface area contributed by atoms with Crippen LogP contribution in [0.2, 0.25) is 0 Å². The standard InChI is InChI=1S/C14H14I3N3O4/c1-3-5(21)20(6(22)4-2)14(24)8-9(15)7(13(19)23)10(16)12(18)11(8)17/h3-6,21-22H,1-2,18H2,(H2,19,23). The van der Waals surface area contributed by atoms with Crippen LogP contribution in [0.5, 0.6) is 0 Å². The van der Waals surface area contributed by atoms with Crippen LogP contribution in [-0.2, 0) is 0 Å². The Labute approximate surface area is 179 Å². The maximum absolute atomic E-state index is 12.9. The lowest BCUT2D eigenvalue weighted by Gasteiger charge is -2.30. The van der Waals surface area contributed by atoms with Crippen molar-refractivity contribution in [2.75, 3.05) is 5.73 Å². The number of primary amides is 1. The van der Waals surface area contributed by atoms with Gasteiger partial charge in [-0.1, -0.05) is 13.2 Å². The van der Waals surface area contributed by atoms with E-state index in [4.69, 9.17) is 11.5 Å². The number of nitrogen functional groups attached to an aromatic ring is 1. The molecule has 2 unspecified atom stereocenters. The molecule has 0 radical (unpaired) electrons. The van der Waals surface area contributed by atoms with E-state index < -0.39 is 24.3 Å². The Kier molecular flexibility index (Phi) is 7.89. The van der Waals surface area contributed by atoms with Gasteiger partial charge in [0.15, 0.2) is 12.5 Å². The summed E-state index contributed by atoms with van der Waals surface area (Å²) in [6.45, 7) is 6.81. The van der Waals surface area contributed by atoms with Gasteiger partial charge in [0.25, 0.3) is 11.8 Å². The quantitative estimate of drug-likeness (QED) is 0.159. The van der Waals surface area contributed by atoms with Gasteiger partial charge in [-0.05, 0) is 79.9 Å². The van der Waals surface area contributed by atoms with Gasteiger partial charge in [-0.3, -0.25) is 14.5 Å². The van der Waals surface area contributed by atoms with Crippen LogP contribution in [0.1, 0.15) is 20.7 Å². The van der Waals surface area contributed by atoms with E-state index in [-0.39, 0.29) is 20.4 Å². The van der Waals surface area contributed by atoms with E-state index in [0.29, 0.717) is 7.14 Å². The SMILES string of the molecule is C=CC(O)N(C(=O)c1c(I)c(N)c(I)c(C(N)=O)c1I)C(O)C=C. The average Bonchev–Trinajstić information content (AvgIpc) is 2.52. The Bertz CT molecular complexity index is 710. The molecule has 1 aromatic rings. The molecule has 0 spiro atoms. The lowest BCUT2D eigenvalue weighted by molar-refractivity contribution is -0.0366. The molecule has 0 aliphatic carbocycles. The third-order valence-corrected chi connectivity index (χ3v) is 6.36. The average molecular weight is 669 g/mol. The third kappa shape index (κ3) is 4.03. The normalized spacial score (nSPS) is 13.0. The second-order valence-corrected chi connectivity index (χ2v) is 7.72. The van der Waals surface area contributed by atoms with Gasteiger partial charge in [0, 0.05) is 3.57 Å². The van der Waals surface area contributed by atoms with Crippen LogP contribution in [0.15, 0.2) is 25.3 Å². The van der Waals surface area contributed by atoms with Crippen molar-refractivity contribution in [1.82, 2.24) is 4.90 Å². The summed E-state index contributed by atoms with van der Waals surface area (Å²) in [4.78, 5) is 25.4. The van der Waals surface area contributed by atoms with Crippen molar-refractivity contribution < 1.29 is 19.8 Å². The molecule has 2 atom stereocenters. The minimum atomic E-state index is -1.46. The zero-order valence-electron chi connectivity index (χ0n) is 12.2. The molecule has 0 fully saturated rings. The molecule has 0 aliphatic heterocycles. The minimum absolute atomic E-state index is 0.0599. The molecule has 0 saturated carbocycles. The van der Waals surface area contributed by atoms with E-state index in [9.17, 15) is 19.8 Å². The van der Waals surface area contributed by atoms with Crippen LogP contribution in [0.3, 0.4) is 0 Å². The number of halogens is 3. The highest BCUT2D eigenvalue weighted by molar-refractivity contribution is 14.1. The van der Waals surface area contributed by atoms with Gasteiger partial charge in [-0.25, -0.2) is 0 Å². The van der Waals surface area contributed by atoms with Crippen molar-refractivity contribution in [3.63, 3.8) is 0 Å². The number of carbonyl (C=O) groups excluding carboxylic acids is 2. The molecule has 7 nitrogen and oxygen atoms in total. The maximum Gasteiger partial charge on any atom is 0.260 e. The summed E-state index contributed by atoms with van der Waals surface area (Å²) >= 11 is 5.56. The Morgan fingerprint density at radius 1 is 1.00 bits per heavy atom. The van der Waals surface area contributed by atoms with Gasteiger partial charge in [-0.2, -0.15) is 0 Å². The van der Waals surface area contributed by atoms with Crippen LogP contribution in [0.4, 0.5) is 5.69 Å². The third-order valence-electron chi connectivity index (χ3n) is 3.04. The first kappa shape index (κ1) is 21.6. The summed E-state index contributed by atoms with van der Waals surface area (Å²) in [6.07, 6.45) is -0.769. The fourth-order valence-corrected chi connectivity index (χ4v) is 6.00. The summed E-state index contributed by atoms with van der Waals surface area (Å²) < 4.78 is 1.10. The fraction of sp³-hybridized carbons (Fsp3) is 0.143. The van der Waals surface area contributed by atoms with Crippen LogP contribution in [0.25, 0.3) is 0 Å². The van der Waals surface area contributed by atoms with Gasteiger partial charge in [-0.15, -0.1) is 0 Å². The first-order valence-corrected chi connectivity index (χ1v) is 9.53. The highest BCUT2D eigenvalue weighted by Crippen LogP contribution is 2.34. The number of anilines is 1. The second kappa shape index (κ2) is 8.77. The maximum atomic E-state index is 12.9. The molecule has 1 aromatic carbocycles. The molecule has 6 N–H and O–H groups in total. The molecule has 0 aliphatic rings. The summed E-state index contributed by atoms with van der Waals surface area (Å²) in [7, 11) is 0. The van der Waals surface area contributed by atoms with E-state index in [1.807, 2.05) is 67.8 Å². The van der Waals surface area contributed by atoms with E-state index >= 15 is 0 Å². The van der Waals surface area contributed by atoms with Gasteiger partial charge >= 0.3 is 0 Å². The largest absolute Gasteiger partial charge is 0.397 e. The number of nitrogens with zero attached hydrogens (tertiary/aromatic N) is 1. The van der Waals surface area contributed by atoms with Crippen LogP contribution in [-0.4, -0.2) is 39.4 Å². The van der Waals surface area contributed by atoms with Crippen molar-refractivity contribution in [3.05, 3.63) is 47.1 Å². The first-order chi connectivity index (χ1) is 11.1. The second-order valence-electron chi connectivity index (χ2n) is 4.48. The molecule has 10 heteroatoms. The number of nitrogens with two attached hydrogens (primary N) is 2. The molecule has 24 heavy (non-hydrogen) atoms.